The molecule has 0 aliphatic heterocycles. The van der Waals surface area contributed by atoms with Crippen LogP contribution in [0.2, 0.25) is 0 Å². The zero-order valence-corrected chi connectivity index (χ0v) is 38.7. The van der Waals surface area contributed by atoms with Gasteiger partial charge in [-0.25, -0.2) is 4.57 Å². The predicted molar refractivity (Wildman–Crippen MR) is 223 cm³/mol. The van der Waals surface area contributed by atoms with Crippen LogP contribution >= 0.6 is 7.82 Å². The number of quaternary nitrogens is 1. The molecule has 0 fully saturated rings. The minimum absolute atomic E-state index is 0.0587. The number of rotatable bonds is 36. The van der Waals surface area contributed by atoms with Gasteiger partial charge in [0.1, 0.15) is 19.8 Å². The van der Waals surface area contributed by atoms with Crippen LogP contribution in [0.5, 0.6) is 0 Å². The highest BCUT2D eigenvalue weighted by atomic mass is 31.2. The number of hydrogen-bond donors (Lipinski definition) is 1. The van der Waals surface area contributed by atoms with Crippen molar-refractivity contribution < 1.29 is 86.0 Å². The molecule has 0 rings (SSSR count). The summed E-state index contributed by atoms with van der Waals surface area (Å²) in [7, 11) is 1.12. The molecule has 0 aromatic heterocycles. The SMILES string of the molecule is C[N+](C)(C)CCOP(=O)(O)OC[C@@H](COC(=O)CCCCCCCC#CCCCCCCC(F)(F)C(F)(F)F)OC(=O)CCCCCCCC#CCCCCCCC(F)(F)C(F)(F)F. The van der Waals surface area contributed by atoms with E-state index < -0.39 is 76.1 Å². The van der Waals surface area contributed by atoms with E-state index in [-0.39, 0.29) is 45.1 Å². The normalized spacial score (nSPS) is 13.9. The maximum atomic E-state index is 12.9. The Bertz CT molecular complexity index is 1450. The molecule has 0 aliphatic rings. The minimum atomic E-state index is -5.52. The number of alkyl halides is 10. The van der Waals surface area contributed by atoms with Crippen LogP contribution in [0.3, 0.4) is 0 Å². The summed E-state index contributed by atoms with van der Waals surface area (Å²) >= 11 is 0. The summed E-state index contributed by atoms with van der Waals surface area (Å²) in [5.41, 5.74) is 0. The molecule has 374 valence electrons. The second kappa shape index (κ2) is 33.0. The third-order valence-electron chi connectivity index (χ3n) is 9.70. The maximum Gasteiger partial charge on any atom is 0.472 e. The highest BCUT2D eigenvalue weighted by Gasteiger charge is 2.57. The van der Waals surface area contributed by atoms with E-state index in [9.17, 15) is 63.0 Å². The van der Waals surface area contributed by atoms with Crippen molar-refractivity contribution in [1.29, 1.82) is 0 Å². The minimum Gasteiger partial charge on any atom is -0.462 e. The summed E-state index contributed by atoms with van der Waals surface area (Å²) in [5, 5.41) is 0. The topological polar surface area (TPSA) is 108 Å². The molecule has 1 unspecified atom stereocenters. The van der Waals surface area contributed by atoms with Crippen LogP contribution in [0.4, 0.5) is 43.9 Å². The van der Waals surface area contributed by atoms with Gasteiger partial charge in [-0.2, -0.15) is 43.9 Å². The van der Waals surface area contributed by atoms with Gasteiger partial charge in [0.05, 0.1) is 27.7 Å². The standard InChI is InChI=1S/C44H70F10NO8P/c1-55(2,3)34-35-61-64(58,59)62-37-38(63-40(57)31-27-23-19-15-11-7-5-9-13-17-21-25-29-33-42(47,48)44(52,53)54)36-60-39(56)30-26-22-18-14-10-6-4-8-12-16-20-24-28-32-41(45,46)43(49,50)51/h38H,6-7,10-37H2,1-3H3/p+1/t38-/m1/s1. The zero-order valence-electron chi connectivity index (χ0n) is 37.8. The average Bonchev–Trinajstić information content (AvgIpc) is 3.17. The monoisotopic (exact) mass is 962 g/mol. The van der Waals surface area contributed by atoms with Crippen LogP contribution in [-0.2, 0) is 32.7 Å². The van der Waals surface area contributed by atoms with Crippen molar-refractivity contribution in [2.75, 3.05) is 47.5 Å². The van der Waals surface area contributed by atoms with Gasteiger partial charge in [-0.3, -0.25) is 18.6 Å². The van der Waals surface area contributed by atoms with Crippen molar-refractivity contribution in [1.82, 2.24) is 0 Å². The van der Waals surface area contributed by atoms with Crippen LogP contribution < -0.4 is 0 Å². The third-order valence-corrected chi connectivity index (χ3v) is 10.7. The van der Waals surface area contributed by atoms with Gasteiger partial charge in [0.25, 0.3) is 0 Å². The molecule has 2 atom stereocenters. The maximum absolute atomic E-state index is 12.9. The Kier molecular flexibility index (Phi) is 31.7. The molecule has 0 aromatic carbocycles. The highest BCUT2D eigenvalue weighted by molar-refractivity contribution is 7.47. The lowest BCUT2D eigenvalue weighted by molar-refractivity contribution is -0.870. The van der Waals surface area contributed by atoms with Gasteiger partial charge in [0.15, 0.2) is 6.10 Å². The lowest BCUT2D eigenvalue weighted by Gasteiger charge is -2.24. The molecule has 0 aliphatic carbocycles. The Morgan fingerprint density at radius 2 is 0.891 bits per heavy atom. The van der Waals surface area contributed by atoms with Crippen LogP contribution in [0, 0.1) is 23.7 Å². The first-order valence-electron chi connectivity index (χ1n) is 22.4. The average molecular weight is 963 g/mol. The first-order chi connectivity index (χ1) is 29.8. The number of phosphoric acid groups is 1. The molecular weight excluding hydrogens is 891 g/mol. The summed E-state index contributed by atoms with van der Waals surface area (Å²) in [4.78, 5) is 35.2. The number of carbonyl (C=O) groups excluding carboxylic acids is 2. The van der Waals surface area contributed by atoms with Crippen LogP contribution in [-0.4, -0.2) is 99.1 Å². The highest BCUT2D eigenvalue weighted by Crippen LogP contribution is 2.43. The van der Waals surface area contributed by atoms with Crippen molar-refractivity contribution in [2.45, 2.75) is 197 Å². The molecule has 0 aromatic rings. The fourth-order valence-corrected chi connectivity index (χ4v) is 6.50. The van der Waals surface area contributed by atoms with Gasteiger partial charge in [-0.15, -0.1) is 23.7 Å². The fraction of sp³-hybridized carbons (Fsp3) is 0.864. The summed E-state index contributed by atoms with van der Waals surface area (Å²) in [6.45, 7) is -0.589. The number of unbranched alkanes of at least 4 members (excludes halogenated alkanes) is 18. The van der Waals surface area contributed by atoms with E-state index >= 15 is 0 Å². The quantitative estimate of drug-likeness (QED) is 0.0165. The van der Waals surface area contributed by atoms with Gasteiger partial charge in [0.2, 0.25) is 0 Å². The summed E-state index contributed by atoms with van der Waals surface area (Å²) in [6, 6.07) is 0. The lowest BCUT2D eigenvalue weighted by atomic mass is 10.1. The van der Waals surface area contributed by atoms with Gasteiger partial charge < -0.3 is 18.9 Å². The summed E-state index contributed by atoms with van der Waals surface area (Å²) < 4.78 is 159. The van der Waals surface area contributed by atoms with Crippen LogP contribution in [0.15, 0.2) is 0 Å². The predicted octanol–water partition coefficient (Wildman–Crippen LogP) is 12.8. The van der Waals surface area contributed by atoms with Gasteiger partial charge in [0, 0.05) is 51.4 Å². The Morgan fingerprint density at radius 1 is 0.531 bits per heavy atom. The van der Waals surface area contributed by atoms with Crippen LogP contribution in [0.25, 0.3) is 0 Å². The molecule has 9 nitrogen and oxygen atoms in total. The summed E-state index contributed by atoms with van der Waals surface area (Å²) in [5.74, 6) is 1.59. The number of hydrogen-bond acceptors (Lipinski definition) is 7. The molecule has 0 amide bonds. The third kappa shape index (κ3) is 34.7. The van der Waals surface area contributed by atoms with E-state index in [1.807, 2.05) is 21.1 Å². The number of carbonyl (C=O) groups is 2. The number of phosphoric ester groups is 1. The zero-order chi connectivity index (χ0) is 48.6. The smallest absolute Gasteiger partial charge is 0.462 e. The van der Waals surface area contributed by atoms with E-state index in [0.29, 0.717) is 75.2 Å². The van der Waals surface area contributed by atoms with Crippen molar-refractivity contribution in [3.63, 3.8) is 0 Å². The van der Waals surface area contributed by atoms with E-state index in [0.717, 1.165) is 51.4 Å². The van der Waals surface area contributed by atoms with Crippen molar-refractivity contribution >= 4 is 19.8 Å². The largest absolute Gasteiger partial charge is 0.472 e. The molecule has 0 spiro atoms. The number of ether oxygens (including phenoxy) is 2. The van der Waals surface area contributed by atoms with Gasteiger partial charge in [-0.1, -0.05) is 64.2 Å². The Hall–Kier alpha value is -2.57. The lowest BCUT2D eigenvalue weighted by Crippen LogP contribution is -2.37. The van der Waals surface area contributed by atoms with Crippen molar-refractivity contribution in [2.24, 2.45) is 0 Å². The van der Waals surface area contributed by atoms with Gasteiger partial charge in [-0.05, 0) is 51.4 Å². The second-order valence-corrected chi connectivity index (χ2v) is 18.3. The molecular formula is C44H71F10NO8P+. The van der Waals surface area contributed by atoms with Crippen molar-refractivity contribution in [3.05, 3.63) is 0 Å². The van der Waals surface area contributed by atoms with E-state index in [1.165, 1.54) is 0 Å². The summed E-state index contributed by atoms with van der Waals surface area (Å²) in [6.07, 6.45) is -1.96. The number of esters is 2. The molecule has 1 N–H and O–H groups in total. The molecule has 0 bridgehead atoms. The molecule has 20 heteroatoms. The van der Waals surface area contributed by atoms with Crippen molar-refractivity contribution in [3.8, 4) is 23.7 Å². The molecule has 64 heavy (non-hydrogen) atoms. The first-order valence-corrected chi connectivity index (χ1v) is 23.9. The van der Waals surface area contributed by atoms with E-state index in [4.69, 9.17) is 18.5 Å². The molecule has 0 heterocycles. The number of nitrogens with zero attached hydrogens (tertiary/aromatic N) is 1. The Labute approximate surface area is 373 Å². The first kappa shape index (κ1) is 61.4. The Balaban J connectivity index is 4.42. The van der Waals surface area contributed by atoms with Crippen LogP contribution in [0.1, 0.15) is 167 Å². The van der Waals surface area contributed by atoms with E-state index in [2.05, 4.69) is 23.7 Å². The Morgan fingerprint density at radius 3 is 1.28 bits per heavy atom. The molecule has 0 radical (unpaired) electrons. The fourth-order valence-electron chi connectivity index (χ4n) is 5.75. The van der Waals surface area contributed by atoms with E-state index in [1.54, 1.807) is 0 Å². The number of halogens is 10. The second-order valence-electron chi connectivity index (χ2n) is 16.9. The molecule has 0 saturated carbocycles. The number of likely N-dealkylation sites (N-methyl/N-ethyl adjacent to an activating group) is 1. The molecule has 0 saturated heterocycles. The van der Waals surface area contributed by atoms with Gasteiger partial charge >= 0.3 is 44.0 Å².